The molecule has 1 aliphatic rings. The molecule has 0 bridgehead atoms. The molecular formula is C15H23NOS. The predicted molar refractivity (Wildman–Crippen MR) is 78.2 cm³/mol. The second kappa shape index (κ2) is 7.17. The molecule has 1 aliphatic heterocycles. The fourth-order valence-corrected chi connectivity index (χ4v) is 3.32. The summed E-state index contributed by atoms with van der Waals surface area (Å²) in [5, 5.41) is 0. The monoisotopic (exact) mass is 265 g/mol. The Balaban J connectivity index is 1.63. The van der Waals surface area contributed by atoms with Crippen molar-refractivity contribution in [1.29, 1.82) is 0 Å². The van der Waals surface area contributed by atoms with Crippen LogP contribution in [0.1, 0.15) is 20.3 Å². The lowest BCUT2D eigenvalue weighted by Gasteiger charge is -2.35. The molecule has 1 heterocycles. The molecule has 0 saturated carbocycles. The number of thioether (sulfide) groups is 1. The Morgan fingerprint density at radius 1 is 1.17 bits per heavy atom. The summed E-state index contributed by atoms with van der Waals surface area (Å²) >= 11 is 1.95. The summed E-state index contributed by atoms with van der Waals surface area (Å²) in [6.45, 7) is 7.70. The number of benzene rings is 1. The number of hydrogen-bond acceptors (Lipinski definition) is 3. The van der Waals surface area contributed by atoms with Crippen molar-refractivity contribution in [3.8, 4) is 0 Å². The Kier molecular flexibility index (Phi) is 5.54. The van der Waals surface area contributed by atoms with Gasteiger partial charge in [0.25, 0.3) is 0 Å². The van der Waals surface area contributed by atoms with Gasteiger partial charge in [0.2, 0.25) is 0 Å². The first-order valence-corrected chi connectivity index (χ1v) is 7.78. The second-order valence-corrected chi connectivity index (χ2v) is 6.20. The summed E-state index contributed by atoms with van der Waals surface area (Å²) in [5.74, 6) is 1.20. The molecule has 100 valence electrons. The first-order valence-electron chi connectivity index (χ1n) is 6.79. The number of ether oxygens (including phenoxy) is 1. The van der Waals surface area contributed by atoms with E-state index in [0.29, 0.717) is 12.2 Å². The molecule has 1 fully saturated rings. The van der Waals surface area contributed by atoms with Crippen molar-refractivity contribution in [3.05, 3.63) is 30.3 Å². The van der Waals surface area contributed by atoms with Crippen molar-refractivity contribution in [2.45, 2.75) is 37.4 Å². The van der Waals surface area contributed by atoms with E-state index in [4.69, 9.17) is 4.74 Å². The van der Waals surface area contributed by atoms with Crippen LogP contribution in [0.2, 0.25) is 0 Å². The Morgan fingerprint density at radius 3 is 2.50 bits per heavy atom. The highest BCUT2D eigenvalue weighted by atomic mass is 32.2. The van der Waals surface area contributed by atoms with E-state index in [1.807, 2.05) is 11.8 Å². The van der Waals surface area contributed by atoms with Gasteiger partial charge in [-0.25, -0.2) is 0 Å². The van der Waals surface area contributed by atoms with E-state index in [1.54, 1.807) is 0 Å². The van der Waals surface area contributed by atoms with Gasteiger partial charge >= 0.3 is 0 Å². The molecule has 18 heavy (non-hydrogen) atoms. The molecule has 2 atom stereocenters. The van der Waals surface area contributed by atoms with E-state index < -0.39 is 0 Å². The topological polar surface area (TPSA) is 12.5 Å². The van der Waals surface area contributed by atoms with Crippen LogP contribution >= 0.6 is 11.8 Å². The Labute approximate surface area is 115 Å². The van der Waals surface area contributed by atoms with E-state index in [1.165, 1.54) is 23.6 Å². The fraction of sp³-hybridized carbons (Fsp3) is 0.600. The molecule has 1 saturated heterocycles. The van der Waals surface area contributed by atoms with E-state index >= 15 is 0 Å². The molecular weight excluding hydrogens is 242 g/mol. The maximum Gasteiger partial charge on any atom is 0.0678 e. The van der Waals surface area contributed by atoms with Crippen LogP contribution < -0.4 is 0 Å². The van der Waals surface area contributed by atoms with Crippen LogP contribution in [-0.4, -0.2) is 42.5 Å². The van der Waals surface area contributed by atoms with E-state index in [0.717, 1.165) is 13.1 Å². The van der Waals surface area contributed by atoms with Gasteiger partial charge in [-0.05, 0) is 44.7 Å². The molecule has 0 aromatic heterocycles. The Hall–Kier alpha value is -0.510. The number of morpholine rings is 1. The molecule has 0 radical (unpaired) electrons. The molecule has 3 heteroatoms. The van der Waals surface area contributed by atoms with Crippen LogP contribution in [0.3, 0.4) is 0 Å². The summed E-state index contributed by atoms with van der Waals surface area (Å²) in [4.78, 5) is 3.91. The Morgan fingerprint density at radius 2 is 1.83 bits per heavy atom. The maximum absolute atomic E-state index is 5.75. The Bertz CT molecular complexity index is 334. The molecule has 0 spiro atoms. The van der Waals surface area contributed by atoms with Gasteiger partial charge in [-0.15, -0.1) is 11.8 Å². The molecule has 1 aromatic carbocycles. The minimum atomic E-state index is 0.385. The SMILES string of the molecule is C[C@@H]1CN(CCCSc2ccccc2)C[C@H](C)O1. The summed E-state index contributed by atoms with van der Waals surface area (Å²) in [6, 6.07) is 10.6. The summed E-state index contributed by atoms with van der Waals surface area (Å²) in [5.41, 5.74) is 0. The molecule has 1 aromatic rings. The van der Waals surface area contributed by atoms with Gasteiger partial charge in [0.1, 0.15) is 0 Å². The van der Waals surface area contributed by atoms with Crippen molar-refractivity contribution >= 4 is 11.8 Å². The van der Waals surface area contributed by atoms with Crippen molar-refractivity contribution < 1.29 is 4.74 Å². The largest absolute Gasteiger partial charge is 0.373 e. The van der Waals surface area contributed by atoms with Gasteiger partial charge in [0.05, 0.1) is 12.2 Å². The molecule has 0 N–H and O–H groups in total. The number of nitrogens with zero attached hydrogens (tertiary/aromatic N) is 1. The quantitative estimate of drug-likeness (QED) is 0.599. The maximum atomic E-state index is 5.75. The van der Waals surface area contributed by atoms with E-state index in [-0.39, 0.29) is 0 Å². The zero-order chi connectivity index (χ0) is 12.8. The lowest BCUT2D eigenvalue weighted by atomic mass is 10.2. The molecule has 0 aliphatic carbocycles. The average Bonchev–Trinajstić information content (AvgIpc) is 2.35. The number of hydrogen-bond donors (Lipinski definition) is 0. The van der Waals surface area contributed by atoms with Gasteiger partial charge < -0.3 is 4.74 Å². The van der Waals surface area contributed by atoms with Crippen LogP contribution in [0.15, 0.2) is 35.2 Å². The van der Waals surface area contributed by atoms with Gasteiger partial charge in [-0.3, -0.25) is 4.90 Å². The van der Waals surface area contributed by atoms with Crippen molar-refractivity contribution in [3.63, 3.8) is 0 Å². The molecule has 0 amide bonds. The number of rotatable bonds is 5. The van der Waals surface area contributed by atoms with Crippen molar-refractivity contribution in [1.82, 2.24) is 4.90 Å². The van der Waals surface area contributed by atoms with E-state index in [9.17, 15) is 0 Å². The first-order chi connectivity index (χ1) is 8.74. The van der Waals surface area contributed by atoms with Crippen molar-refractivity contribution in [2.75, 3.05) is 25.4 Å². The summed E-state index contributed by atoms with van der Waals surface area (Å²) in [6.07, 6.45) is 2.02. The van der Waals surface area contributed by atoms with Crippen LogP contribution in [0.5, 0.6) is 0 Å². The third-order valence-electron chi connectivity index (χ3n) is 3.13. The molecule has 2 rings (SSSR count). The van der Waals surface area contributed by atoms with Crippen LogP contribution in [0.25, 0.3) is 0 Å². The minimum Gasteiger partial charge on any atom is -0.373 e. The smallest absolute Gasteiger partial charge is 0.0678 e. The first kappa shape index (κ1) is 13.9. The third-order valence-corrected chi connectivity index (χ3v) is 4.22. The molecule has 0 unspecified atom stereocenters. The summed E-state index contributed by atoms with van der Waals surface area (Å²) < 4.78 is 5.75. The standard InChI is InChI=1S/C15H23NOS/c1-13-11-16(12-14(2)17-13)9-6-10-18-15-7-4-3-5-8-15/h3-5,7-8,13-14H,6,9-12H2,1-2H3/t13-,14+. The highest BCUT2D eigenvalue weighted by Gasteiger charge is 2.21. The minimum absolute atomic E-state index is 0.385. The lowest BCUT2D eigenvalue weighted by Crippen LogP contribution is -2.45. The fourth-order valence-electron chi connectivity index (χ4n) is 2.46. The lowest BCUT2D eigenvalue weighted by molar-refractivity contribution is -0.0677. The zero-order valence-electron chi connectivity index (χ0n) is 11.3. The average molecular weight is 265 g/mol. The highest BCUT2D eigenvalue weighted by molar-refractivity contribution is 7.99. The van der Waals surface area contributed by atoms with Crippen LogP contribution in [-0.2, 0) is 4.74 Å². The second-order valence-electron chi connectivity index (χ2n) is 5.03. The van der Waals surface area contributed by atoms with Gasteiger partial charge in [0.15, 0.2) is 0 Å². The normalized spacial score (nSPS) is 25.2. The van der Waals surface area contributed by atoms with Gasteiger partial charge in [0, 0.05) is 18.0 Å². The van der Waals surface area contributed by atoms with Gasteiger partial charge in [-0.2, -0.15) is 0 Å². The van der Waals surface area contributed by atoms with Crippen LogP contribution in [0, 0.1) is 0 Å². The highest BCUT2D eigenvalue weighted by Crippen LogP contribution is 2.18. The predicted octanol–water partition coefficient (Wildman–Crippen LogP) is 3.28. The van der Waals surface area contributed by atoms with Gasteiger partial charge in [-0.1, -0.05) is 18.2 Å². The molecule has 2 nitrogen and oxygen atoms in total. The summed E-state index contributed by atoms with van der Waals surface area (Å²) in [7, 11) is 0. The van der Waals surface area contributed by atoms with Crippen molar-refractivity contribution in [2.24, 2.45) is 0 Å². The van der Waals surface area contributed by atoms with Crippen LogP contribution in [0.4, 0.5) is 0 Å². The van der Waals surface area contributed by atoms with E-state index in [2.05, 4.69) is 49.1 Å². The zero-order valence-corrected chi connectivity index (χ0v) is 12.2. The third kappa shape index (κ3) is 4.63.